The van der Waals surface area contributed by atoms with E-state index in [2.05, 4.69) is 33.5 Å². The van der Waals surface area contributed by atoms with Crippen LogP contribution in [0.3, 0.4) is 0 Å². The first-order valence-electron chi connectivity index (χ1n) is 9.14. The van der Waals surface area contributed by atoms with Crippen LogP contribution in [0.4, 0.5) is 11.4 Å². The summed E-state index contributed by atoms with van der Waals surface area (Å²) in [6.45, 7) is 6.97. The number of anilines is 2. The van der Waals surface area contributed by atoms with E-state index in [1.165, 1.54) is 5.56 Å². The van der Waals surface area contributed by atoms with Crippen LogP contribution in [0.15, 0.2) is 42.7 Å². The van der Waals surface area contributed by atoms with E-state index in [0.717, 1.165) is 50.6 Å². The van der Waals surface area contributed by atoms with Gasteiger partial charge in [0.15, 0.2) is 0 Å². The third kappa shape index (κ3) is 5.03. The van der Waals surface area contributed by atoms with Gasteiger partial charge < -0.3 is 15.4 Å². The zero-order valence-electron chi connectivity index (χ0n) is 15.2. The number of aryl methyl sites for hydroxylation is 1. The van der Waals surface area contributed by atoms with E-state index in [4.69, 9.17) is 4.74 Å². The summed E-state index contributed by atoms with van der Waals surface area (Å²) < 4.78 is 5.33. The Bertz CT molecular complexity index is 729. The van der Waals surface area contributed by atoms with E-state index in [0.29, 0.717) is 12.1 Å². The lowest BCUT2D eigenvalue weighted by Gasteiger charge is -2.26. The van der Waals surface area contributed by atoms with Crippen molar-refractivity contribution in [2.24, 2.45) is 0 Å². The van der Waals surface area contributed by atoms with Crippen LogP contribution < -0.4 is 10.6 Å². The number of pyridine rings is 1. The van der Waals surface area contributed by atoms with Crippen molar-refractivity contribution in [2.45, 2.75) is 13.3 Å². The molecule has 6 heteroatoms. The fourth-order valence-corrected chi connectivity index (χ4v) is 2.99. The van der Waals surface area contributed by atoms with Gasteiger partial charge in [-0.1, -0.05) is 25.1 Å². The number of nitrogens with one attached hydrogen (secondary N) is 2. The van der Waals surface area contributed by atoms with Gasteiger partial charge in [-0.25, -0.2) is 0 Å². The maximum atomic E-state index is 12.4. The molecule has 0 unspecified atom stereocenters. The van der Waals surface area contributed by atoms with Gasteiger partial charge in [0.05, 0.1) is 30.7 Å². The number of aromatic nitrogens is 1. The monoisotopic (exact) mass is 354 g/mol. The standard InChI is InChI=1S/C20H26N4O2/c1-2-16-5-3-4-6-19(16)23-18-13-17(14-21-15-18)20(25)22-7-8-24-9-11-26-12-10-24/h3-6,13-15,23H,2,7-12H2,1H3,(H,22,25). The second kappa shape index (κ2) is 9.31. The highest BCUT2D eigenvalue weighted by Gasteiger charge is 2.11. The molecule has 26 heavy (non-hydrogen) atoms. The molecule has 1 amide bonds. The minimum atomic E-state index is -0.0989. The molecule has 0 aliphatic carbocycles. The zero-order chi connectivity index (χ0) is 18.2. The maximum absolute atomic E-state index is 12.4. The van der Waals surface area contributed by atoms with Gasteiger partial charge in [-0.15, -0.1) is 0 Å². The Morgan fingerprint density at radius 1 is 1.23 bits per heavy atom. The van der Waals surface area contributed by atoms with Gasteiger partial charge in [-0.3, -0.25) is 14.7 Å². The van der Waals surface area contributed by atoms with Crippen molar-refractivity contribution in [3.05, 3.63) is 53.9 Å². The van der Waals surface area contributed by atoms with E-state index >= 15 is 0 Å². The minimum absolute atomic E-state index is 0.0989. The third-order valence-electron chi connectivity index (χ3n) is 4.49. The summed E-state index contributed by atoms with van der Waals surface area (Å²) in [6.07, 6.45) is 4.27. The van der Waals surface area contributed by atoms with Gasteiger partial charge in [-0.05, 0) is 24.1 Å². The van der Waals surface area contributed by atoms with Crippen LogP contribution in [0.1, 0.15) is 22.8 Å². The van der Waals surface area contributed by atoms with Gasteiger partial charge in [-0.2, -0.15) is 0 Å². The van der Waals surface area contributed by atoms with E-state index in [1.807, 2.05) is 24.3 Å². The molecule has 3 rings (SSSR count). The number of morpholine rings is 1. The summed E-state index contributed by atoms with van der Waals surface area (Å²) in [5.41, 5.74) is 3.65. The molecule has 1 fully saturated rings. The molecule has 138 valence electrons. The van der Waals surface area contributed by atoms with Crippen molar-refractivity contribution in [1.82, 2.24) is 15.2 Å². The molecule has 0 bridgehead atoms. The molecule has 0 spiro atoms. The number of para-hydroxylation sites is 1. The maximum Gasteiger partial charge on any atom is 0.252 e. The molecule has 0 radical (unpaired) electrons. The van der Waals surface area contributed by atoms with Crippen molar-refractivity contribution in [1.29, 1.82) is 0 Å². The van der Waals surface area contributed by atoms with E-state index in [1.54, 1.807) is 12.4 Å². The lowest BCUT2D eigenvalue weighted by atomic mass is 10.1. The van der Waals surface area contributed by atoms with Crippen LogP contribution in [-0.4, -0.2) is 55.2 Å². The first-order valence-corrected chi connectivity index (χ1v) is 9.14. The Morgan fingerprint density at radius 3 is 2.85 bits per heavy atom. The third-order valence-corrected chi connectivity index (χ3v) is 4.49. The average molecular weight is 354 g/mol. The smallest absolute Gasteiger partial charge is 0.252 e. The molecule has 0 atom stereocenters. The Kier molecular flexibility index (Phi) is 6.57. The van der Waals surface area contributed by atoms with Crippen molar-refractivity contribution >= 4 is 17.3 Å². The van der Waals surface area contributed by atoms with Gasteiger partial charge in [0.2, 0.25) is 0 Å². The summed E-state index contributed by atoms with van der Waals surface area (Å²) in [5.74, 6) is -0.0989. The number of nitrogens with zero attached hydrogens (tertiary/aromatic N) is 2. The van der Waals surface area contributed by atoms with E-state index in [9.17, 15) is 4.79 Å². The SMILES string of the molecule is CCc1ccccc1Nc1cncc(C(=O)NCCN2CCOCC2)c1. The Hall–Kier alpha value is -2.44. The molecule has 6 nitrogen and oxygen atoms in total. The Labute approximate surface area is 154 Å². The van der Waals surface area contributed by atoms with Crippen LogP contribution in [0.2, 0.25) is 0 Å². The molecular formula is C20H26N4O2. The summed E-state index contributed by atoms with van der Waals surface area (Å²) >= 11 is 0. The van der Waals surface area contributed by atoms with Gasteiger partial charge in [0, 0.05) is 38.1 Å². The van der Waals surface area contributed by atoms with Crippen molar-refractivity contribution in [3.8, 4) is 0 Å². The number of carbonyl (C=O) groups excluding carboxylic acids is 1. The first-order chi connectivity index (χ1) is 12.8. The highest BCUT2D eigenvalue weighted by molar-refractivity contribution is 5.94. The van der Waals surface area contributed by atoms with Crippen molar-refractivity contribution in [2.75, 3.05) is 44.7 Å². The first kappa shape index (κ1) is 18.4. The second-order valence-electron chi connectivity index (χ2n) is 6.31. The summed E-state index contributed by atoms with van der Waals surface area (Å²) in [5, 5.41) is 6.33. The van der Waals surface area contributed by atoms with E-state index < -0.39 is 0 Å². The fourth-order valence-electron chi connectivity index (χ4n) is 2.99. The predicted molar refractivity (Wildman–Crippen MR) is 103 cm³/mol. The molecular weight excluding hydrogens is 328 g/mol. The lowest BCUT2D eigenvalue weighted by Crippen LogP contribution is -2.41. The molecule has 0 saturated carbocycles. The normalized spacial score (nSPS) is 14.8. The number of benzene rings is 1. The van der Waals surface area contributed by atoms with Crippen LogP contribution in [0.25, 0.3) is 0 Å². The molecule has 1 aromatic carbocycles. The summed E-state index contributed by atoms with van der Waals surface area (Å²) in [7, 11) is 0. The van der Waals surface area contributed by atoms with Crippen LogP contribution in [0.5, 0.6) is 0 Å². The summed E-state index contributed by atoms with van der Waals surface area (Å²) in [6, 6.07) is 9.99. The van der Waals surface area contributed by atoms with E-state index in [-0.39, 0.29) is 5.91 Å². The van der Waals surface area contributed by atoms with Crippen LogP contribution in [0, 0.1) is 0 Å². The molecule has 1 aliphatic heterocycles. The molecule has 2 heterocycles. The van der Waals surface area contributed by atoms with Gasteiger partial charge in [0.25, 0.3) is 5.91 Å². The second-order valence-corrected chi connectivity index (χ2v) is 6.31. The molecule has 2 aromatic rings. The molecule has 1 aliphatic rings. The molecule has 1 aromatic heterocycles. The predicted octanol–water partition coefficient (Wildman–Crippen LogP) is 2.45. The Balaban J connectivity index is 1.56. The average Bonchev–Trinajstić information content (AvgIpc) is 2.69. The number of amides is 1. The quantitative estimate of drug-likeness (QED) is 0.799. The lowest BCUT2D eigenvalue weighted by molar-refractivity contribution is 0.0383. The number of hydrogen-bond donors (Lipinski definition) is 2. The molecule has 1 saturated heterocycles. The summed E-state index contributed by atoms with van der Waals surface area (Å²) in [4.78, 5) is 18.9. The largest absolute Gasteiger partial charge is 0.379 e. The van der Waals surface area contributed by atoms with Gasteiger partial charge >= 0.3 is 0 Å². The van der Waals surface area contributed by atoms with Crippen molar-refractivity contribution in [3.63, 3.8) is 0 Å². The zero-order valence-corrected chi connectivity index (χ0v) is 15.2. The van der Waals surface area contributed by atoms with Crippen LogP contribution in [-0.2, 0) is 11.2 Å². The number of rotatable bonds is 7. The van der Waals surface area contributed by atoms with Gasteiger partial charge in [0.1, 0.15) is 0 Å². The minimum Gasteiger partial charge on any atom is -0.379 e. The van der Waals surface area contributed by atoms with Crippen molar-refractivity contribution < 1.29 is 9.53 Å². The number of carbonyl (C=O) groups is 1. The topological polar surface area (TPSA) is 66.5 Å². The molecule has 2 N–H and O–H groups in total. The highest BCUT2D eigenvalue weighted by atomic mass is 16.5. The number of hydrogen-bond acceptors (Lipinski definition) is 5. The number of ether oxygens (including phenoxy) is 1. The Morgan fingerprint density at radius 2 is 2.04 bits per heavy atom. The fraction of sp³-hybridized carbons (Fsp3) is 0.400. The van der Waals surface area contributed by atoms with Crippen LogP contribution >= 0.6 is 0 Å². The highest BCUT2D eigenvalue weighted by Crippen LogP contribution is 2.21.